The number of aliphatic carboxylic acids is 1. The zero-order valence-electron chi connectivity index (χ0n) is 19.5. The molecular formula is C26H27N3O4S2. The molecule has 0 bridgehead atoms. The Morgan fingerprint density at radius 3 is 2.83 bits per heavy atom. The molecule has 1 fully saturated rings. The summed E-state index contributed by atoms with van der Waals surface area (Å²) in [5.41, 5.74) is 0.641. The summed E-state index contributed by atoms with van der Waals surface area (Å²) in [6.07, 6.45) is 3.22. The maximum atomic E-state index is 13.4. The number of carboxylic acid groups (broad SMARTS) is 1. The SMILES string of the molecule is CC1(C(=O)O)CCCCN1CCCN(C(=O)c1cccs1)c1nc(-c2cc3ccccc3o2)cs1. The maximum Gasteiger partial charge on any atom is 0.323 e. The summed E-state index contributed by atoms with van der Waals surface area (Å²) in [6.45, 7) is 3.63. The summed E-state index contributed by atoms with van der Waals surface area (Å²) in [6, 6.07) is 13.5. The first kappa shape index (κ1) is 23.7. The maximum absolute atomic E-state index is 13.4. The molecule has 35 heavy (non-hydrogen) atoms. The molecule has 1 saturated heterocycles. The van der Waals surface area contributed by atoms with Gasteiger partial charge in [0.1, 0.15) is 16.8 Å². The Balaban J connectivity index is 1.36. The van der Waals surface area contributed by atoms with Crippen LogP contribution in [0.3, 0.4) is 0 Å². The van der Waals surface area contributed by atoms with Crippen LogP contribution in [0.4, 0.5) is 5.13 Å². The van der Waals surface area contributed by atoms with Crippen LogP contribution in [0.1, 0.15) is 42.3 Å². The summed E-state index contributed by atoms with van der Waals surface area (Å²) in [7, 11) is 0. The lowest BCUT2D eigenvalue weighted by Gasteiger charge is -2.41. The third-order valence-corrected chi connectivity index (χ3v) is 8.41. The molecule has 4 aromatic rings. The van der Waals surface area contributed by atoms with Crippen molar-refractivity contribution in [3.63, 3.8) is 0 Å². The van der Waals surface area contributed by atoms with E-state index in [1.807, 2.05) is 65.0 Å². The van der Waals surface area contributed by atoms with E-state index in [1.165, 1.54) is 22.7 Å². The molecule has 0 radical (unpaired) electrons. The van der Waals surface area contributed by atoms with Gasteiger partial charge in [-0.25, -0.2) is 4.98 Å². The fraction of sp³-hybridized carbons (Fsp3) is 0.346. The molecule has 1 aliphatic heterocycles. The summed E-state index contributed by atoms with van der Waals surface area (Å²) < 4.78 is 5.97. The lowest BCUT2D eigenvalue weighted by Crippen LogP contribution is -2.55. The van der Waals surface area contributed by atoms with Gasteiger partial charge >= 0.3 is 5.97 Å². The van der Waals surface area contributed by atoms with Gasteiger partial charge in [-0.15, -0.1) is 22.7 Å². The average Bonchev–Trinajstić information content (AvgIpc) is 3.63. The van der Waals surface area contributed by atoms with Crippen LogP contribution in [-0.2, 0) is 4.79 Å². The van der Waals surface area contributed by atoms with Gasteiger partial charge in [-0.05, 0) is 62.7 Å². The fourth-order valence-corrected chi connectivity index (χ4v) is 6.13. The number of furan rings is 1. The van der Waals surface area contributed by atoms with Crippen molar-refractivity contribution in [1.82, 2.24) is 9.88 Å². The summed E-state index contributed by atoms with van der Waals surface area (Å²) in [4.78, 5) is 34.5. The van der Waals surface area contributed by atoms with Crippen molar-refractivity contribution in [3.05, 3.63) is 58.1 Å². The second kappa shape index (κ2) is 9.93. The number of thiazole rings is 1. The second-order valence-corrected chi connectivity index (χ2v) is 10.8. The number of nitrogens with zero attached hydrogens (tertiary/aromatic N) is 3. The number of carbonyl (C=O) groups excluding carboxylic acids is 1. The van der Waals surface area contributed by atoms with Crippen LogP contribution in [-0.4, -0.2) is 52.0 Å². The van der Waals surface area contributed by atoms with E-state index in [4.69, 9.17) is 9.40 Å². The number of aromatic nitrogens is 1. The van der Waals surface area contributed by atoms with Gasteiger partial charge in [0.25, 0.3) is 5.91 Å². The van der Waals surface area contributed by atoms with Crippen molar-refractivity contribution >= 4 is 50.7 Å². The number of rotatable bonds is 8. The van der Waals surface area contributed by atoms with Gasteiger partial charge in [-0.3, -0.25) is 19.4 Å². The second-order valence-electron chi connectivity index (χ2n) is 8.97. The van der Waals surface area contributed by atoms with Crippen molar-refractivity contribution in [3.8, 4) is 11.5 Å². The molecule has 9 heteroatoms. The minimum Gasteiger partial charge on any atom is -0.480 e. The predicted octanol–water partition coefficient (Wildman–Crippen LogP) is 5.98. The molecule has 1 N–H and O–H groups in total. The number of thiophene rings is 1. The molecule has 0 aliphatic carbocycles. The van der Waals surface area contributed by atoms with E-state index in [0.29, 0.717) is 47.4 Å². The number of likely N-dealkylation sites (tertiary alicyclic amines) is 1. The average molecular weight is 510 g/mol. The Morgan fingerprint density at radius 1 is 1.20 bits per heavy atom. The Bertz CT molecular complexity index is 1300. The zero-order chi connectivity index (χ0) is 24.4. The molecule has 3 aromatic heterocycles. The normalized spacial score (nSPS) is 18.7. The van der Waals surface area contributed by atoms with Gasteiger partial charge in [-0.1, -0.05) is 24.3 Å². The van der Waals surface area contributed by atoms with Crippen LogP contribution < -0.4 is 4.90 Å². The number of anilines is 1. The number of carboxylic acids is 1. The zero-order valence-corrected chi connectivity index (χ0v) is 21.1. The lowest BCUT2D eigenvalue weighted by molar-refractivity contribution is -0.152. The van der Waals surface area contributed by atoms with E-state index < -0.39 is 11.5 Å². The standard InChI is InChI=1S/C26H27N3O4S2/c1-26(24(31)32)11-4-5-12-28(26)13-7-14-29(23(30)22-10-6-15-34-22)25-27-19(17-35-25)21-16-18-8-2-3-9-20(18)33-21/h2-3,6,8-10,15-17H,4-5,7,11-14H2,1H3,(H,31,32). The van der Waals surface area contributed by atoms with Crippen molar-refractivity contribution in [1.29, 1.82) is 0 Å². The van der Waals surface area contributed by atoms with Gasteiger partial charge in [0.2, 0.25) is 0 Å². The number of hydrogen-bond donors (Lipinski definition) is 1. The highest BCUT2D eigenvalue weighted by Gasteiger charge is 2.41. The Morgan fingerprint density at radius 2 is 2.06 bits per heavy atom. The first-order valence-corrected chi connectivity index (χ1v) is 13.5. The number of amides is 1. The Kier molecular flexibility index (Phi) is 6.73. The van der Waals surface area contributed by atoms with Gasteiger partial charge in [-0.2, -0.15) is 0 Å². The van der Waals surface area contributed by atoms with E-state index in [1.54, 1.807) is 4.90 Å². The Labute approximate surface area is 211 Å². The fourth-order valence-electron chi connectivity index (χ4n) is 4.62. The highest BCUT2D eigenvalue weighted by molar-refractivity contribution is 7.14. The van der Waals surface area contributed by atoms with Crippen molar-refractivity contribution in [2.75, 3.05) is 24.5 Å². The quantitative estimate of drug-likeness (QED) is 0.314. The third kappa shape index (κ3) is 4.76. The number of para-hydroxylation sites is 1. The number of piperidine rings is 1. The first-order chi connectivity index (χ1) is 17.0. The van der Waals surface area contributed by atoms with E-state index in [-0.39, 0.29) is 5.91 Å². The van der Waals surface area contributed by atoms with Crippen molar-refractivity contribution < 1.29 is 19.1 Å². The van der Waals surface area contributed by atoms with Crippen LogP contribution in [0, 0.1) is 0 Å². The lowest BCUT2D eigenvalue weighted by atomic mass is 9.88. The number of fused-ring (bicyclic) bond motifs is 1. The number of carbonyl (C=O) groups is 2. The molecule has 1 atom stereocenters. The van der Waals surface area contributed by atoms with Crippen LogP contribution in [0.2, 0.25) is 0 Å². The van der Waals surface area contributed by atoms with E-state index in [0.717, 1.165) is 30.4 Å². The van der Waals surface area contributed by atoms with E-state index in [2.05, 4.69) is 0 Å². The van der Waals surface area contributed by atoms with Gasteiger partial charge in [0, 0.05) is 23.9 Å². The third-order valence-electron chi connectivity index (χ3n) is 6.69. The van der Waals surface area contributed by atoms with Crippen molar-refractivity contribution in [2.24, 2.45) is 0 Å². The summed E-state index contributed by atoms with van der Waals surface area (Å²) in [5, 5.41) is 15.2. The van der Waals surface area contributed by atoms with Crippen molar-refractivity contribution in [2.45, 2.75) is 38.1 Å². The van der Waals surface area contributed by atoms with Gasteiger partial charge < -0.3 is 9.52 Å². The molecule has 0 saturated carbocycles. The topological polar surface area (TPSA) is 86.9 Å². The van der Waals surface area contributed by atoms with E-state index in [9.17, 15) is 14.7 Å². The molecule has 4 heterocycles. The largest absolute Gasteiger partial charge is 0.480 e. The monoisotopic (exact) mass is 509 g/mol. The molecule has 1 aliphatic rings. The molecule has 1 amide bonds. The molecule has 7 nitrogen and oxygen atoms in total. The minimum atomic E-state index is -0.851. The molecule has 0 spiro atoms. The predicted molar refractivity (Wildman–Crippen MR) is 139 cm³/mol. The molecule has 5 rings (SSSR count). The minimum absolute atomic E-state index is 0.0925. The Hall–Kier alpha value is -3.01. The van der Waals surface area contributed by atoms with Crippen LogP contribution in [0.15, 0.2) is 57.6 Å². The molecule has 182 valence electrons. The summed E-state index contributed by atoms with van der Waals surface area (Å²) >= 11 is 2.81. The van der Waals surface area contributed by atoms with E-state index >= 15 is 0 Å². The molecule has 1 unspecified atom stereocenters. The van der Waals surface area contributed by atoms with Crippen LogP contribution >= 0.6 is 22.7 Å². The van der Waals surface area contributed by atoms with Gasteiger partial charge in [0.15, 0.2) is 10.9 Å². The van der Waals surface area contributed by atoms with Gasteiger partial charge in [0.05, 0.1) is 4.88 Å². The highest BCUT2D eigenvalue weighted by atomic mass is 32.1. The summed E-state index contributed by atoms with van der Waals surface area (Å²) in [5.74, 6) is -0.202. The molecular weight excluding hydrogens is 482 g/mol. The first-order valence-electron chi connectivity index (χ1n) is 11.7. The number of benzene rings is 1. The van der Waals surface area contributed by atoms with Crippen LogP contribution in [0.25, 0.3) is 22.4 Å². The molecule has 1 aromatic carbocycles. The number of hydrogen-bond acceptors (Lipinski definition) is 7. The smallest absolute Gasteiger partial charge is 0.323 e. The van der Waals surface area contributed by atoms with Crippen LogP contribution in [0.5, 0.6) is 0 Å². The highest BCUT2D eigenvalue weighted by Crippen LogP contribution is 2.33.